The Labute approximate surface area is 146 Å². The molecule has 6 heteroatoms. The number of benzene rings is 1. The molecule has 1 aromatic carbocycles. The average molecular weight is 346 g/mol. The molecule has 0 aliphatic carbocycles. The smallest absolute Gasteiger partial charge is 0.164 e. The van der Waals surface area contributed by atoms with Crippen LogP contribution in [0.25, 0.3) is 0 Å². The first-order chi connectivity index (χ1) is 11.8. The lowest BCUT2D eigenvalue weighted by atomic mass is 10.1. The lowest BCUT2D eigenvalue weighted by Gasteiger charge is -2.24. The SMILES string of the molecule is COc1cc2c(cc1CN1CCC[C@H]1c1nccs1)OCCCO2. The third-order valence-corrected chi connectivity index (χ3v) is 5.50. The quantitative estimate of drug-likeness (QED) is 0.845. The van der Waals surface area contributed by atoms with E-state index in [9.17, 15) is 0 Å². The van der Waals surface area contributed by atoms with Gasteiger partial charge in [-0.15, -0.1) is 11.3 Å². The topological polar surface area (TPSA) is 43.8 Å². The molecule has 2 aliphatic heterocycles. The molecule has 1 saturated heterocycles. The number of rotatable bonds is 4. The number of nitrogens with zero attached hydrogens (tertiary/aromatic N) is 2. The maximum absolute atomic E-state index is 5.84. The molecule has 0 spiro atoms. The lowest BCUT2D eigenvalue weighted by Crippen LogP contribution is -2.23. The van der Waals surface area contributed by atoms with Crippen LogP contribution in [0.2, 0.25) is 0 Å². The van der Waals surface area contributed by atoms with Gasteiger partial charge in [0.15, 0.2) is 11.5 Å². The number of hydrogen-bond donors (Lipinski definition) is 0. The number of methoxy groups -OCH3 is 1. The third-order valence-electron chi connectivity index (χ3n) is 4.62. The van der Waals surface area contributed by atoms with Gasteiger partial charge in [0.2, 0.25) is 0 Å². The highest BCUT2D eigenvalue weighted by molar-refractivity contribution is 7.09. The van der Waals surface area contributed by atoms with Crippen LogP contribution in [0.4, 0.5) is 0 Å². The summed E-state index contributed by atoms with van der Waals surface area (Å²) in [5.74, 6) is 2.48. The first-order valence-corrected chi connectivity index (χ1v) is 9.33. The fraction of sp³-hybridized carbons (Fsp3) is 0.500. The third kappa shape index (κ3) is 3.08. The summed E-state index contributed by atoms with van der Waals surface area (Å²) in [6.07, 6.45) is 5.17. The molecule has 0 unspecified atom stereocenters. The van der Waals surface area contributed by atoms with E-state index in [1.807, 2.05) is 12.3 Å². The minimum absolute atomic E-state index is 0.408. The molecule has 2 aromatic rings. The first-order valence-electron chi connectivity index (χ1n) is 8.45. The number of ether oxygens (including phenoxy) is 3. The van der Waals surface area contributed by atoms with Crippen molar-refractivity contribution in [2.75, 3.05) is 26.9 Å². The highest BCUT2D eigenvalue weighted by atomic mass is 32.1. The summed E-state index contributed by atoms with van der Waals surface area (Å²) in [7, 11) is 1.71. The molecule has 1 fully saturated rings. The summed E-state index contributed by atoms with van der Waals surface area (Å²) in [6.45, 7) is 3.31. The first kappa shape index (κ1) is 15.7. The van der Waals surface area contributed by atoms with Crippen molar-refractivity contribution in [3.63, 3.8) is 0 Å². The van der Waals surface area contributed by atoms with Crippen LogP contribution in [0.3, 0.4) is 0 Å². The maximum atomic E-state index is 5.84. The van der Waals surface area contributed by atoms with E-state index < -0.39 is 0 Å². The van der Waals surface area contributed by atoms with Gasteiger partial charge < -0.3 is 14.2 Å². The van der Waals surface area contributed by atoms with Gasteiger partial charge in [0.05, 0.1) is 26.4 Å². The average Bonchev–Trinajstić information content (AvgIpc) is 3.22. The number of aromatic nitrogens is 1. The molecule has 0 amide bonds. The molecule has 24 heavy (non-hydrogen) atoms. The Morgan fingerprint density at radius 2 is 2.08 bits per heavy atom. The molecule has 5 nitrogen and oxygen atoms in total. The summed E-state index contributed by atoms with van der Waals surface area (Å²) in [4.78, 5) is 7.00. The standard InChI is InChI=1S/C18H22N2O3S/c1-21-15-11-17-16(22-7-3-8-23-17)10-13(15)12-20-6-2-4-14(20)18-19-5-9-24-18/h5,9-11,14H,2-4,6-8,12H2,1H3/t14-/m0/s1. The second-order valence-corrected chi connectivity index (χ2v) is 7.09. The Morgan fingerprint density at radius 3 is 2.83 bits per heavy atom. The van der Waals surface area contributed by atoms with Crippen LogP contribution in [-0.2, 0) is 6.54 Å². The maximum Gasteiger partial charge on any atom is 0.164 e. The molecule has 0 saturated carbocycles. The van der Waals surface area contributed by atoms with E-state index >= 15 is 0 Å². The van der Waals surface area contributed by atoms with E-state index in [4.69, 9.17) is 14.2 Å². The zero-order valence-corrected chi connectivity index (χ0v) is 14.7. The van der Waals surface area contributed by atoms with Crippen LogP contribution in [0.5, 0.6) is 17.2 Å². The van der Waals surface area contributed by atoms with Crippen LogP contribution >= 0.6 is 11.3 Å². The zero-order valence-electron chi connectivity index (χ0n) is 13.9. The van der Waals surface area contributed by atoms with E-state index in [1.165, 1.54) is 17.8 Å². The van der Waals surface area contributed by atoms with Crippen LogP contribution in [0.15, 0.2) is 23.7 Å². The Hall–Kier alpha value is -1.79. The van der Waals surface area contributed by atoms with Gasteiger partial charge in [-0.25, -0.2) is 4.98 Å². The van der Waals surface area contributed by atoms with E-state index in [0.29, 0.717) is 19.3 Å². The van der Waals surface area contributed by atoms with Gasteiger partial charge in [0, 0.05) is 36.2 Å². The Morgan fingerprint density at radius 1 is 1.25 bits per heavy atom. The monoisotopic (exact) mass is 346 g/mol. The Balaban J connectivity index is 1.60. The molecule has 128 valence electrons. The molecule has 1 aromatic heterocycles. The van der Waals surface area contributed by atoms with Gasteiger partial charge in [-0.1, -0.05) is 0 Å². The largest absolute Gasteiger partial charge is 0.496 e. The Bertz CT molecular complexity index is 690. The van der Waals surface area contributed by atoms with Crippen molar-refractivity contribution in [3.05, 3.63) is 34.3 Å². The summed E-state index contributed by atoms with van der Waals surface area (Å²) in [5, 5.41) is 3.26. The van der Waals surface area contributed by atoms with E-state index in [1.54, 1.807) is 18.4 Å². The predicted molar refractivity (Wildman–Crippen MR) is 93.1 cm³/mol. The fourth-order valence-electron chi connectivity index (χ4n) is 3.46. The second-order valence-electron chi connectivity index (χ2n) is 6.16. The van der Waals surface area contributed by atoms with E-state index in [2.05, 4.69) is 21.3 Å². The van der Waals surface area contributed by atoms with Crippen molar-refractivity contribution >= 4 is 11.3 Å². The van der Waals surface area contributed by atoms with Gasteiger partial charge in [0.1, 0.15) is 10.8 Å². The predicted octanol–water partition coefficient (Wildman–Crippen LogP) is 3.65. The molecule has 3 heterocycles. The molecular formula is C18H22N2O3S. The van der Waals surface area contributed by atoms with Crippen molar-refractivity contribution in [2.45, 2.75) is 31.8 Å². The van der Waals surface area contributed by atoms with Crippen molar-refractivity contribution in [2.24, 2.45) is 0 Å². The summed E-state index contributed by atoms with van der Waals surface area (Å²) < 4.78 is 17.2. The van der Waals surface area contributed by atoms with E-state index in [-0.39, 0.29) is 0 Å². The Kier molecular flexibility index (Phi) is 4.58. The zero-order chi connectivity index (χ0) is 16.4. The molecule has 0 N–H and O–H groups in total. The number of hydrogen-bond acceptors (Lipinski definition) is 6. The van der Waals surface area contributed by atoms with Crippen molar-refractivity contribution in [1.29, 1.82) is 0 Å². The molecule has 2 aliphatic rings. The molecular weight excluding hydrogens is 324 g/mol. The van der Waals surface area contributed by atoms with Gasteiger partial charge >= 0.3 is 0 Å². The molecule has 0 bridgehead atoms. The summed E-state index contributed by atoms with van der Waals surface area (Å²) >= 11 is 1.74. The van der Waals surface area contributed by atoms with Gasteiger partial charge in [-0.3, -0.25) is 4.90 Å². The van der Waals surface area contributed by atoms with Crippen LogP contribution < -0.4 is 14.2 Å². The van der Waals surface area contributed by atoms with Crippen LogP contribution in [-0.4, -0.2) is 36.8 Å². The highest BCUT2D eigenvalue weighted by Gasteiger charge is 2.29. The molecule has 4 rings (SSSR count). The summed E-state index contributed by atoms with van der Waals surface area (Å²) in [5.41, 5.74) is 1.14. The minimum atomic E-state index is 0.408. The normalized spacial score (nSPS) is 20.8. The molecule has 0 radical (unpaired) electrons. The fourth-order valence-corrected chi connectivity index (χ4v) is 4.27. The summed E-state index contributed by atoms with van der Waals surface area (Å²) in [6, 6.07) is 4.45. The second kappa shape index (κ2) is 6.99. The van der Waals surface area contributed by atoms with Crippen molar-refractivity contribution < 1.29 is 14.2 Å². The van der Waals surface area contributed by atoms with Crippen molar-refractivity contribution in [3.8, 4) is 17.2 Å². The number of fused-ring (bicyclic) bond motifs is 1. The molecule has 1 atom stereocenters. The van der Waals surface area contributed by atoms with E-state index in [0.717, 1.165) is 42.3 Å². The van der Waals surface area contributed by atoms with Crippen LogP contribution in [0.1, 0.15) is 35.9 Å². The van der Waals surface area contributed by atoms with Crippen molar-refractivity contribution in [1.82, 2.24) is 9.88 Å². The van der Waals surface area contributed by atoms with Gasteiger partial charge in [-0.05, 0) is 25.5 Å². The van der Waals surface area contributed by atoms with Gasteiger partial charge in [-0.2, -0.15) is 0 Å². The number of likely N-dealkylation sites (tertiary alicyclic amines) is 1. The van der Waals surface area contributed by atoms with Gasteiger partial charge in [0.25, 0.3) is 0 Å². The number of thiazole rings is 1. The lowest BCUT2D eigenvalue weighted by molar-refractivity contribution is 0.243. The minimum Gasteiger partial charge on any atom is -0.496 e. The highest BCUT2D eigenvalue weighted by Crippen LogP contribution is 2.40. The van der Waals surface area contributed by atoms with Crippen LogP contribution in [0, 0.1) is 0 Å².